The molecule has 128 valence electrons. The molecule has 1 unspecified atom stereocenters. The molecule has 0 saturated heterocycles. The Morgan fingerprint density at radius 2 is 1.54 bits per heavy atom. The molecule has 0 fully saturated rings. The molecule has 0 aromatic heterocycles. The van der Waals surface area contributed by atoms with Crippen LogP contribution in [0, 0.1) is 5.92 Å². The second-order valence-corrected chi connectivity index (χ2v) is 7.28. The van der Waals surface area contributed by atoms with Gasteiger partial charge in [0.15, 0.2) is 0 Å². The summed E-state index contributed by atoms with van der Waals surface area (Å²) in [4.78, 5) is 2.22. The number of benzene rings is 2. The molecule has 0 amide bonds. The maximum absolute atomic E-state index is 10.8. The second-order valence-electron chi connectivity index (χ2n) is 6.19. The van der Waals surface area contributed by atoms with E-state index in [9.17, 15) is 8.42 Å². The van der Waals surface area contributed by atoms with Gasteiger partial charge in [-0.25, -0.2) is 4.18 Å². The molecule has 0 saturated carbocycles. The lowest BCUT2D eigenvalue weighted by Gasteiger charge is -2.29. The highest BCUT2D eigenvalue weighted by atomic mass is 32.3. The van der Waals surface area contributed by atoms with E-state index in [1.54, 1.807) is 0 Å². The number of rotatable bonds is 5. The maximum atomic E-state index is 10.8. The van der Waals surface area contributed by atoms with Gasteiger partial charge in [-0.05, 0) is 42.0 Å². The number of anilines is 2. The molecule has 3 rings (SSSR count). The van der Waals surface area contributed by atoms with Gasteiger partial charge >= 0.3 is 10.4 Å². The van der Waals surface area contributed by atoms with Gasteiger partial charge in [0.25, 0.3) is 0 Å². The van der Waals surface area contributed by atoms with Gasteiger partial charge in [-0.15, -0.1) is 0 Å². The minimum atomic E-state index is -4.41. The maximum Gasteiger partial charge on any atom is 0.397 e. The molecule has 5 nitrogen and oxygen atoms in total. The van der Waals surface area contributed by atoms with Crippen LogP contribution in [0.15, 0.2) is 48.5 Å². The summed E-state index contributed by atoms with van der Waals surface area (Å²) in [6.45, 7) is 2.45. The van der Waals surface area contributed by atoms with Gasteiger partial charge in [0.1, 0.15) is 0 Å². The summed E-state index contributed by atoms with van der Waals surface area (Å²) >= 11 is 0. The molecule has 0 aliphatic carbocycles. The van der Waals surface area contributed by atoms with Crippen LogP contribution >= 0.6 is 0 Å². The van der Waals surface area contributed by atoms with Crippen LogP contribution in [0.4, 0.5) is 11.4 Å². The van der Waals surface area contributed by atoms with Gasteiger partial charge in [-0.3, -0.25) is 4.55 Å². The summed E-state index contributed by atoms with van der Waals surface area (Å²) in [7, 11) is -4.41. The normalized spacial score (nSPS) is 15.3. The molecule has 1 aliphatic heterocycles. The molecule has 2 aromatic carbocycles. The standard InChI is InChI=1S/C18H21NO4S/c1-14(13-23-24(20,21)22)12-19-17-8-4-2-6-15(17)10-11-16-7-3-5-9-18(16)19/h2-9,14H,10-13H2,1H3,(H,20,21,22). The lowest BCUT2D eigenvalue weighted by Crippen LogP contribution is -2.27. The molecule has 1 N–H and O–H groups in total. The molecular weight excluding hydrogens is 326 g/mol. The van der Waals surface area contributed by atoms with Crippen LogP contribution in [-0.2, 0) is 27.4 Å². The lowest BCUT2D eigenvalue weighted by atomic mass is 10.0. The SMILES string of the molecule is CC(COS(=O)(=O)O)CN1c2ccccc2CCc2ccccc21. The summed E-state index contributed by atoms with van der Waals surface area (Å²) in [5.41, 5.74) is 4.83. The fraction of sp³-hybridized carbons (Fsp3) is 0.333. The first kappa shape index (κ1) is 17.0. The van der Waals surface area contributed by atoms with Crippen molar-refractivity contribution >= 4 is 21.8 Å². The van der Waals surface area contributed by atoms with Crippen molar-refractivity contribution in [2.75, 3.05) is 18.1 Å². The van der Waals surface area contributed by atoms with Crippen molar-refractivity contribution in [1.29, 1.82) is 0 Å². The van der Waals surface area contributed by atoms with Crippen LogP contribution in [0.1, 0.15) is 18.1 Å². The number of fused-ring (bicyclic) bond motifs is 2. The van der Waals surface area contributed by atoms with Crippen LogP contribution in [0.5, 0.6) is 0 Å². The molecule has 1 atom stereocenters. The summed E-state index contributed by atoms with van der Waals surface area (Å²) in [6, 6.07) is 16.6. The Hall–Kier alpha value is -1.89. The predicted molar refractivity (Wildman–Crippen MR) is 94.0 cm³/mol. The quantitative estimate of drug-likeness (QED) is 0.840. The molecule has 6 heteroatoms. The molecular formula is C18H21NO4S. The van der Waals surface area contributed by atoms with Crippen molar-refractivity contribution < 1.29 is 17.2 Å². The Morgan fingerprint density at radius 3 is 2.04 bits per heavy atom. The average molecular weight is 347 g/mol. The van der Waals surface area contributed by atoms with Crippen LogP contribution in [-0.4, -0.2) is 26.1 Å². The van der Waals surface area contributed by atoms with Crippen LogP contribution in [0.3, 0.4) is 0 Å². The van der Waals surface area contributed by atoms with E-state index in [-0.39, 0.29) is 12.5 Å². The summed E-state index contributed by atoms with van der Waals surface area (Å²) in [5.74, 6) is -0.0777. The third-order valence-electron chi connectivity index (χ3n) is 4.22. The Kier molecular flexibility index (Phi) is 4.89. The highest BCUT2D eigenvalue weighted by molar-refractivity contribution is 7.80. The number of nitrogens with zero attached hydrogens (tertiary/aromatic N) is 1. The van der Waals surface area contributed by atoms with Gasteiger partial charge in [0, 0.05) is 17.9 Å². The lowest BCUT2D eigenvalue weighted by molar-refractivity contribution is 0.233. The van der Waals surface area contributed by atoms with Crippen molar-refractivity contribution in [1.82, 2.24) is 0 Å². The van der Waals surface area contributed by atoms with Gasteiger partial charge in [0.2, 0.25) is 0 Å². The Morgan fingerprint density at radius 1 is 1.04 bits per heavy atom. The fourth-order valence-electron chi connectivity index (χ4n) is 3.13. The number of hydrogen-bond acceptors (Lipinski definition) is 4. The van der Waals surface area contributed by atoms with Crippen LogP contribution in [0.2, 0.25) is 0 Å². The molecule has 2 aromatic rings. The molecule has 1 aliphatic rings. The van der Waals surface area contributed by atoms with Gasteiger partial charge in [-0.2, -0.15) is 8.42 Å². The van der Waals surface area contributed by atoms with Crippen molar-refractivity contribution in [2.24, 2.45) is 5.92 Å². The first-order valence-electron chi connectivity index (χ1n) is 7.99. The van der Waals surface area contributed by atoms with E-state index in [2.05, 4.69) is 33.3 Å². The molecule has 0 radical (unpaired) electrons. The third-order valence-corrected chi connectivity index (χ3v) is 4.66. The number of hydrogen-bond donors (Lipinski definition) is 1. The topological polar surface area (TPSA) is 66.8 Å². The zero-order valence-corrected chi connectivity index (χ0v) is 14.4. The predicted octanol–water partition coefficient (Wildman–Crippen LogP) is 3.38. The Bertz CT molecular complexity index is 772. The van der Waals surface area contributed by atoms with E-state index in [0.29, 0.717) is 6.54 Å². The highest BCUT2D eigenvalue weighted by Gasteiger charge is 2.22. The van der Waals surface area contributed by atoms with Crippen molar-refractivity contribution in [2.45, 2.75) is 19.8 Å². The smallest absolute Gasteiger partial charge is 0.341 e. The second kappa shape index (κ2) is 6.93. The number of para-hydroxylation sites is 2. The molecule has 1 heterocycles. The van der Waals surface area contributed by atoms with E-state index in [1.165, 1.54) is 11.1 Å². The average Bonchev–Trinajstić information content (AvgIpc) is 2.71. The zero-order chi connectivity index (χ0) is 17.2. The zero-order valence-electron chi connectivity index (χ0n) is 13.6. The van der Waals surface area contributed by atoms with Crippen LogP contribution in [0.25, 0.3) is 0 Å². The summed E-state index contributed by atoms with van der Waals surface area (Å²) in [5, 5.41) is 0. The minimum absolute atomic E-state index is 0.0559. The number of aryl methyl sites for hydroxylation is 2. The van der Waals surface area contributed by atoms with E-state index in [0.717, 1.165) is 24.2 Å². The van der Waals surface area contributed by atoms with Crippen molar-refractivity contribution in [3.8, 4) is 0 Å². The highest BCUT2D eigenvalue weighted by Crippen LogP contribution is 2.36. The summed E-state index contributed by atoms with van der Waals surface area (Å²) in [6.07, 6.45) is 1.94. The van der Waals surface area contributed by atoms with E-state index in [4.69, 9.17) is 4.55 Å². The monoisotopic (exact) mass is 347 g/mol. The van der Waals surface area contributed by atoms with E-state index >= 15 is 0 Å². The van der Waals surface area contributed by atoms with E-state index < -0.39 is 10.4 Å². The molecule has 0 bridgehead atoms. The minimum Gasteiger partial charge on any atom is -0.341 e. The van der Waals surface area contributed by atoms with Gasteiger partial charge in [-0.1, -0.05) is 43.3 Å². The largest absolute Gasteiger partial charge is 0.397 e. The van der Waals surface area contributed by atoms with Crippen molar-refractivity contribution in [3.05, 3.63) is 59.7 Å². The van der Waals surface area contributed by atoms with Gasteiger partial charge < -0.3 is 4.90 Å². The fourth-order valence-corrected chi connectivity index (χ4v) is 3.54. The first-order valence-corrected chi connectivity index (χ1v) is 9.36. The van der Waals surface area contributed by atoms with Crippen molar-refractivity contribution in [3.63, 3.8) is 0 Å². The first-order chi connectivity index (χ1) is 11.4. The molecule has 24 heavy (non-hydrogen) atoms. The van der Waals surface area contributed by atoms with E-state index in [1.807, 2.05) is 31.2 Å². The Balaban J connectivity index is 1.90. The summed E-state index contributed by atoms with van der Waals surface area (Å²) < 4.78 is 34.9. The Labute approximate surface area is 142 Å². The molecule has 0 spiro atoms. The third kappa shape index (κ3) is 3.95. The van der Waals surface area contributed by atoms with Crippen LogP contribution < -0.4 is 4.90 Å². The van der Waals surface area contributed by atoms with Gasteiger partial charge in [0.05, 0.1) is 6.61 Å².